The maximum Gasteiger partial charge on any atom is 0.422 e. The van der Waals surface area contributed by atoms with Gasteiger partial charge < -0.3 is 19.9 Å². The van der Waals surface area contributed by atoms with E-state index in [1.807, 2.05) is 37.3 Å². The monoisotopic (exact) mass is 343 g/mol. The van der Waals surface area contributed by atoms with Gasteiger partial charge in [0.1, 0.15) is 17.6 Å². The Morgan fingerprint density at radius 3 is 2.40 bits per heavy atom. The summed E-state index contributed by atoms with van der Waals surface area (Å²) in [6.45, 7) is 2.32. The molecule has 2 N–H and O–H groups in total. The van der Waals surface area contributed by atoms with Crippen molar-refractivity contribution in [1.29, 1.82) is 0 Å². The second-order valence-corrected chi connectivity index (χ2v) is 5.40. The topological polar surface area (TPSA) is 87.9 Å². The summed E-state index contributed by atoms with van der Waals surface area (Å²) in [5.41, 5.74) is 7.50. The fraction of sp³-hybridized carbons (Fsp3) is 0.263. The van der Waals surface area contributed by atoms with Crippen LogP contribution < -0.4 is 15.2 Å². The van der Waals surface area contributed by atoms with E-state index in [-0.39, 0.29) is 11.9 Å². The van der Waals surface area contributed by atoms with Crippen LogP contribution in [0.4, 0.5) is 0 Å². The molecule has 0 spiro atoms. The minimum atomic E-state index is -1.07. The normalized spacial score (nSPS) is 11.5. The molecule has 0 aliphatic rings. The summed E-state index contributed by atoms with van der Waals surface area (Å²) in [6.07, 6.45) is 0.496. The molecule has 0 bridgehead atoms. The Morgan fingerprint density at radius 1 is 1.08 bits per heavy atom. The number of benzene rings is 2. The third-order valence-corrected chi connectivity index (χ3v) is 3.58. The number of aryl methyl sites for hydroxylation is 1. The first-order valence-electron chi connectivity index (χ1n) is 7.87. The van der Waals surface area contributed by atoms with Gasteiger partial charge in [0.2, 0.25) is 0 Å². The fourth-order valence-corrected chi connectivity index (χ4v) is 2.32. The molecule has 0 saturated heterocycles. The SMILES string of the molecule is COC(=O)C(=O)Oc1ccc(OC(CCN)c2ccccc2)c(C)c1. The summed E-state index contributed by atoms with van der Waals surface area (Å²) in [7, 11) is 1.12. The lowest BCUT2D eigenvalue weighted by Crippen LogP contribution is -2.21. The molecule has 2 aromatic rings. The highest BCUT2D eigenvalue weighted by molar-refractivity contribution is 6.30. The van der Waals surface area contributed by atoms with Crippen molar-refractivity contribution in [2.45, 2.75) is 19.4 Å². The van der Waals surface area contributed by atoms with Gasteiger partial charge in [-0.3, -0.25) is 0 Å². The van der Waals surface area contributed by atoms with E-state index >= 15 is 0 Å². The number of esters is 2. The molecule has 0 amide bonds. The molecule has 0 aromatic heterocycles. The van der Waals surface area contributed by atoms with E-state index in [2.05, 4.69) is 4.74 Å². The molecule has 0 aliphatic carbocycles. The van der Waals surface area contributed by atoms with Crippen LogP contribution in [0.3, 0.4) is 0 Å². The summed E-state index contributed by atoms with van der Waals surface area (Å²) in [5.74, 6) is -1.22. The van der Waals surface area contributed by atoms with Crippen molar-refractivity contribution in [2.75, 3.05) is 13.7 Å². The van der Waals surface area contributed by atoms with Gasteiger partial charge in [0.15, 0.2) is 0 Å². The number of rotatable bonds is 6. The van der Waals surface area contributed by atoms with Crippen LogP contribution in [0.15, 0.2) is 48.5 Å². The summed E-state index contributed by atoms with van der Waals surface area (Å²) in [4.78, 5) is 22.6. The number of carbonyl (C=O) groups excluding carboxylic acids is 2. The zero-order valence-corrected chi connectivity index (χ0v) is 14.2. The van der Waals surface area contributed by atoms with Crippen LogP contribution in [-0.4, -0.2) is 25.6 Å². The van der Waals surface area contributed by atoms with E-state index < -0.39 is 11.9 Å². The van der Waals surface area contributed by atoms with E-state index in [9.17, 15) is 9.59 Å². The molecule has 1 unspecified atom stereocenters. The zero-order valence-electron chi connectivity index (χ0n) is 14.2. The number of hydrogen-bond donors (Lipinski definition) is 1. The van der Waals surface area contributed by atoms with Crippen LogP contribution in [0.1, 0.15) is 23.7 Å². The van der Waals surface area contributed by atoms with Gasteiger partial charge in [-0.15, -0.1) is 0 Å². The number of hydrogen-bond acceptors (Lipinski definition) is 6. The van der Waals surface area contributed by atoms with E-state index in [0.29, 0.717) is 18.7 Å². The van der Waals surface area contributed by atoms with Crippen molar-refractivity contribution in [1.82, 2.24) is 0 Å². The molecule has 2 aromatic carbocycles. The van der Waals surface area contributed by atoms with Crippen LogP contribution in [0.25, 0.3) is 0 Å². The molecular weight excluding hydrogens is 322 g/mol. The predicted octanol–water partition coefficient (Wildman–Crippen LogP) is 2.54. The van der Waals surface area contributed by atoms with Gasteiger partial charge in [-0.1, -0.05) is 30.3 Å². The molecule has 0 radical (unpaired) electrons. The van der Waals surface area contributed by atoms with Crippen LogP contribution in [-0.2, 0) is 14.3 Å². The Kier molecular flexibility index (Phi) is 6.54. The predicted molar refractivity (Wildman–Crippen MR) is 92.3 cm³/mol. The number of nitrogens with two attached hydrogens (primary N) is 1. The molecule has 25 heavy (non-hydrogen) atoms. The average molecular weight is 343 g/mol. The molecular formula is C19H21NO5. The lowest BCUT2D eigenvalue weighted by molar-refractivity contribution is -0.160. The minimum absolute atomic E-state index is 0.173. The highest BCUT2D eigenvalue weighted by atomic mass is 16.6. The first-order valence-corrected chi connectivity index (χ1v) is 7.87. The van der Waals surface area contributed by atoms with E-state index in [1.54, 1.807) is 18.2 Å². The van der Waals surface area contributed by atoms with Crippen LogP contribution in [0.2, 0.25) is 0 Å². The Bertz CT molecular complexity index is 730. The molecule has 6 nitrogen and oxygen atoms in total. The van der Waals surface area contributed by atoms with Gasteiger partial charge in [-0.25, -0.2) is 9.59 Å². The van der Waals surface area contributed by atoms with E-state index in [0.717, 1.165) is 18.2 Å². The average Bonchev–Trinajstić information content (AvgIpc) is 2.63. The van der Waals surface area contributed by atoms with Crippen molar-refractivity contribution in [3.63, 3.8) is 0 Å². The smallest absolute Gasteiger partial charge is 0.422 e. The van der Waals surface area contributed by atoms with Crippen molar-refractivity contribution in [3.8, 4) is 11.5 Å². The Morgan fingerprint density at radius 2 is 1.80 bits per heavy atom. The molecule has 6 heteroatoms. The quantitative estimate of drug-likeness (QED) is 0.493. The van der Waals surface area contributed by atoms with E-state index in [4.69, 9.17) is 15.2 Å². The lowest BCUT2D eigenvalue weighted by Gasteiger charge is -2.20. The number of ether oxygens (including phenoxy) is 3. The molecule has 0 saturated carbocycles. The summed E-state index contributed by atoms with van der Waals surface area (Å²) < 4.78 is 15.4. The summed E-state index contributed by atoms with van der Waals surface area (Å²) >= 11 is 0. The minimum Gasteiger partial charge on any atom is -0.485 e. The van der Waals surface area contributed by atoms with Gasteiger partial charge in [0.05, 0.1) is 7.11 Å². The van der Waals surface area contributed by atoms with Crippen molar-refractivity contribution in [3.05, 3.63) is 59.7 Å². The van der Waals surface area contributed by atoms with Gasteiger partial charge >= 0.3 is 11.9 Å². The maximum atomic E-state index is 11.4. The molecule has 1 atom stereocenters. The summed E-state index contributed by atoms with van der Waals surface area (Å²) in [5, 5.41) is 0. The van der Waals surface area contributed by atoms with E-state index in [1.165, 1.54) is 0 Å². The molecule has 0 aliphatic heterocycles. The molecule has 132 valence electrons. The highest BCUT2D eigenvalue weighted by Crippen LogP contribution is 2.29. The zero-order chi connectivity index (χ0) is 18.2. The maximum absolute atomic E-state index is 11.4. The second kappa shape index (κ2) is 8.84. The Labute approximate surface area is 146 Å². The van der Waals surface area contributed by atoms with Crippen LogP contribution in [0, 0.1) is 6.92 Å². The van der Waals surface area contributed by atoms with Gasteiger partial charge in [0, 0.05) is 6.42 Å². The highest BCUT2D eigenvalue weighted by Gasteiger charge is 2.18. The van der Waals surface area contributed by atoms with Gasteiger partial charge in [-0.05, 0) is 42.8 Å². The molecule has 2 rings (SSSR count). The molecule has 0 fully saturated rings. The number of carbonyl (C=O) groups is 2. The van der Waals surface area contributed by atoms with Gasteiger partial charge in [-0.2, -0.15) is 0 Å². The molecule has 0 heterocycles. The van der Waals surface area contributed by atoms with Crippen molar-refractivity contribution in [2.24, 2.45) is 5.73 Å². The largest absolute Gasteiger partial charge is 0.485 e. The third-order valence-electron chi connectivity index (χ3n) is 3.58. The number of methoxy groups -OCH3 is 1. The third kappa shape index (κ3) is 5.06. The standard InChI is InChI=1S/C19H21NO5/c1-13-12-15(24-19(22)18(21)23-2)8-9-16(13)25-17(10-11-20)14-6-4-3-5-7-14/h3-9,12,17H,10-11,20H2,1-2H3. The van der Waals surface area contributed by atoms with Gasteiger partial charge in [0.25, 0.3) is 0 Å². The fourth-order valence-electron chi connectivity index (χ4n) is 2.32. The first kappa shape index (κ1) is 18.5. The van der Waals surface area contributed by atoms with Crippen LogP contribution in [0.5, 0.6) is 11.5 Å². The van der Waals surface area contributed by atoms with Crippen molar-refractivity contribution < 1.29 is 23.8 Å². The van der Waals surface area contributed by atoms with Crippen LogP contribution >= 0.6 is 0 Å². The summed E-state index contributed by atoms with van der Waals surface area (Å²) in [6, 6.07) is 14.7. The first-order chi connectivity index (χ1) is 12.0. The second-order valence-electron chi connectivity index (χ2n) is 5.40. The van der Waals surface area contributed by atoms with Crippen molar-refractivity contribution >= 4 is 11.9 Å². The Hall–Kier alpha value is -2.86. The lowest BCUT2D eigenvalue weighted by atomic mass is 10.1. The Balaban J connectivity index is 2.14.